The quantitative estimate of drug-likeness (QED) is 0.798. The summed E-state index contributed by atoms with van der Waals surface area (Å²) in [6, 6.07) is 14.0. The average molecular weight is 278 g/mol. The lowest BCUT2D eigenvalue weighted by Gasteiger charge is -2.25. The van der Waals surface area contributed by atoms with E-state index in [0.29, 0.717) is 12.3 Å². The molecule has 1 fully saturated rings. The molecule has 1 aromatic carbocycles. The van der Waals surface area contributed by atoms with Crippen molar-refractivity contribution in [3.63, 3.8) is 0 Å². The van der Waals surface area contributed by atoms with Crippen molar-refractivity contribution >= 4 is 5.82 Å². The summed E-state index contributed by atoms with van der Waals surface area (Å²) in [7, 11) is 0. The molecule has 2 aromatic rings. The Kier molecular flexibility index (Phi) is 2.66. The standard InChI is InChI=1S/C16H14N4O/c17-9-13-5-6-15(19-18-13)20-8-7-16(11-20)14-4-2-1-3-12(14)10-21-16/h1-6H,7-8,10-11H2. The molecule has 2 aliphatic heterocycles. The Labute approximate surface area is 122 Å². The van der Waals surface area contributed by atoms with Crippen molar-refractivity contribution in [2.75, 3.05) is 18.0 Å². The maximum Gasteiger partial charge on any atom is 0.163 e. The van der Waals surface area contributed by atoms with E-state index in [-0.39, 0.29) is 5.60 Å². The molecule has 4 rings (SSSR count). The maximum atomic E-state index is 8.78. The molecule has 1 aromatic heterocycles. The van der Waals surface area contributed by atoms with Crippen molar-refractivity contribution in [3.05, 3.63) is 53.2 Å². The van der Waals surface area contributed by atoms with Gasteiger partial charge in [0.05, 0.1) is 13.2 Å². The van der Waals surface area contributed by atoms with Crippen LogP contribution in [0.1, 0.15) is 23.2 Å². The molecule has 21 heavy (non-hydrogen) atoms. The monoisotopic (exact) mass is 278 g/mol. The van der Waals surface area contributed by atoms with Gasteiger partial charge < -0.3 is 9.64 Å². The van der Waals surface area contributed by atoms with Gasteiger partial charge in [0.1, 0.15) is 11.7 Å². The Morgan fingerprint density at radius 3 is 2.90 bits per heavy atom. The number of nitrogens with zero attached hydrogens (tertiary/aromatic N) is 4. The molecule has 5 nitrogen and oxygen atoms in total. The summed E-state index contributed by atoms with van der Waals surface area (Å²) < 4.78 is 6.13. The van der Waals surface area contributed by atoms with Gasteiger partial charge in [-0.3, -0.25) is 0 Å². The highest BCUT2D eigenvalue weighted by Gasteiger charge is 2.45. The van der Waals surface area contributed by atoms with Crippen LogP contribution in [0.4, 0.5) is 5.82 Å². The molecule has 0 N–H and O–H groups in total. The summed E-state index contributed by atoms with van der Waals surface area (Å²) in [5.74, 6) is 0.804. The minimum atomic E-state index is -0.216. The van der Waals surface area contributed by atoms with Crippen molar-refractivity contribution in [2.24, 2.45) is 0 Å². The summed E-state index contributed by atoms with van der Waals surface area (Å²) >= 11 is 0. The van der Waals surface area contributed by atoms with Crippen LogP contribution in [-0.2, 0) is 16.9 Å². The molecule has 1 saturated heterocycles. The number of ether oxygens (including phenoxy) is 1. The second-order valence-corrected chi connectivity index (χ2v) is 5.50. The zero-order chi connectivity index (χ0) is 14.3. The molecule has 0 amide bonds. The normalized spacial score (nSPS) is 23.3. The molecule has 0 saturated carbocycles. The smallest absolute Gasteiger partial charge is 0.163 e. The van der Waals surface area contributed by atoms with E-state index < -0.39 is 0 Å². The van der Waals surface area contributed by atoms with E-state index in [9.17, 15) is 0 Å². The second kappa shape index (κ2) is 4.54. The zero-order valence-corrected chi connectivity index (χ0v) is 11.5. The predicted octanol–water partition coefficient (Wildman–Crippen LogP) is 1.98. The van der Waals surface area contributed by atoms with Crippen LogP contribution in [0.25, 0.3) is 0 Å². The van der Waals surface area contributed by atoms with Crippen molar-refractivity contribution in [3.8, 4) is 6.07 Å². The molecule has 1 spiro atoms. The van der Waals surface area contributed by atoms with Crippen LogP contribution in [0, 0.1) is 11.3 Å². The molecule has 104 valence electrons. The van der Waals surface area contributed by atoms with Gasteiger partial charge in [-0.05, 0) is 29.7 Å². The van der Waals surface area contributed by atoms with Crippen molar-refractivity contribution in [2.45, 2.75) is 18.6 Å². The van der Waals surface area contributed by atoms with Gasteiger partial charge >= 0.3 is 0 Å². The molecular weight excluding hydrogens is 264 g/mol. The first kappa shape index (κ1) is 12.3. The van der Waals surface area contributed by atoms with Gasteiger partial charge in [0, 0.05) is 6.54 Å². The van der Waals surface area contributed by atoms with Crippen LogP contribution < -0.4 is 4.90 Å². The summed E-state index contributed by atoms with van der Waals surface area (Å²) in [4.78, 5) is 2.18. The van der Waals surface area contributed by atoms with E-state index in [1.54, 1.807) is 6.07 Å². The van der Waals surface area contributed by atoms with Crippen molar-refractivity contribution < 1.29 is 4.74 Å². The number of rotatable bonds is 1. The lowest BCUT2D eigenvalue weighted by Crippen LogP contribution is -2.31. The van der Waals surface area contributed by atoms with Gasteiger partial charge in [-0.15, -0.1) is 10.2 Å². The first-order valence-corrected chi connectivity index (χ1v) is 7.02. The first-order chi connectivity index (χ1) is 10.3. The molecule has 1 atom stereocenters. The minimum Gasteiger partial charge on any atom is -0.364 e. The fourth-order valence-corrected chi connectivity index (χ4v) is 3.25. The number of nitriles is 1. The highest BCUT2D eigenvalue weighted by Crippen LogP contribution is 2.43. The Morgan fingerprint density at radius 1 is 1.19 bits per heavy atom. The highest BCUT2D eigenvalue weighted by molar-refractivity contribution is 5.45. The summed E-state index contributed by atoms with van der Waals surface area (Å²) in [5, 5.41) is 16.8. The molecule has 0 aliphatic carbocycles. The number of hydrogen-bond acceptors (Lipinski definition) is 5. The van der Waals surface area contributed by atoms with E-state index in [1.807, 2.05) is 12.1 Å². The maximum absolute atomic E-state index is 8.78. The van der Waals surface area contributed by atoms with Gasteiger partial charge in [-0.2, -0.15) is 5.26 Å². The van der Waals surface area contributed by atoms with Crippen molar-refractivity contribution in [1.82, 2.24) is 10.2 Å². The van der Waals surface area contributed by atoms with E-state index >= 15 is 0 Å². The fraction of sp³-hybridized carbons (Fsp3) is 0.312. The van der Waals surface area contributed by atoms with Crippen LogP contribution >= 0.6 is 0 Å². The third-order valence-corrected chi connectivity index (χ3v) is 4.33. The SMILES string of the molecule is N#Cc1ccc(N2CCC3(C2)OCc2ccccc23)nn1. The van der Waals surface area contributed by atoms with Gasteiger partial charge in [0.15, 0.2) is 11.5 Å². The minimum absolute atomic E-state index is 0.216. The molecule has 2 aliphatic rings. The predicted molar refractivity (Wildman–Crippen MR) is 76.5 cm³/mol. The summed E-state index contributed by atoms with van der Waals surface area (Å²) in [5.41, 5.74) is 2.71. The summed E-state index contributed by atoms with van der Waals surface area (Å²) in [6.45, 7) is 2.35. The largest absolute Gasteiger partial charge is 0.364 e. The number of aromatic nitrogens is 2. The van der Waals surface area contributed by atoms with Crippen LogP contribution in [0.2, 0.25) is 0 Å². The average Bonchev–Trinajstić information content (AvgIpc) is 3.14. The first-order valence-electron chi connectivity index (χ1n) is 7.02. The highest BCUT2D eigenvalue weighted by atomic mass is 16.5. The second-order valence-electron chi connectivity index (χ2n) is 5.50. The van der Waals surface area contributed by atoms with Crippen LogP contribution in [0.15, 0.2) is 36.4 Å². The Hall–Kier alpha value is -2.45. The van der Waals surface area contributed by atoms with E-state index in [4.69, 9.17) is 10.00 Å². The van der Waals surface area contributed by atoms with Crippen LogP contribution in [-0.4, -0.2) is 23.3 Å². The summed E-state index contributed by atoms with van der Waals surface area (Å²) in [6.07, 6.45) is 0.950. The van der Waals surface area contributed by atoms with Crippen LogP contribution in [0.3, 0.4) is 0 Å². The van der Waals surface area contributed by atoms with Gasteiger partial charge in [0.2, 0.25) is 0 Å². The number of anilines is 1. The molecule has 5 heteroatoms. The number of hydrogen-bond donors (Lipinski definition) is 0. The third kappa shape index (κ3) is 1.88. The van der Waals surface area contributed by atoms with Crippen molar-refractivity contribution in [1.29, 1.82) is 5.26 Å². The lowest BCUT2D eigenvalue weighted by molar-refractivity contribution is -0.0205. The van der Waals surface area contributed by atoms with Gasteiger partial charge in [-0.1, -0.05) is 24.3 Å². The Bertz CT molecular complexity index is 722. The number of benzene rings is 1. The Balaban J connectivity index is 1.62. The van der Waals surface area contributed by atoms with E-state index in [1.165, 1.54) is 11.1 Å². The molecule has 0 radical (unpaired) electrons. The van der Waals surface area contributed by atoms with Gasteiger partial charge in [0.25, 0.3) is 0 Å². The number of fused-ring (bicyclic) bond motifs is 2. The lowest BCUT2D eigenvalue weighted by atomic mass is 9.92. The molecule has 0 bridgehead atoms. The van der Waals surface area contributed by atoms with Gasteiger partial charge in [-0.25, -0.2) is 0 Å². The molecule has 3 heterocycles. The van der Waals surface area contributed by atoms with Crippen LogP contribution in [0.5, 0.6) is 0 Å². The fourth-order valence-electron chi connectivity index (χ4n) is 3.25. The van der Waals surface area contributed by atoms with E-state index in [2.05, 4.69) is 39.4 Å². The molecule has 1 unspecified atom stereocenters. The zero-order valence-electron chi connectivity index (χ0n) is 11.5. The topological polar surface area (TPSA) is 62.0 Å². The molecular formula is C16H14N4O. The third-order valence-electron chi connectivity index (χ3n) is 4.33. The Morgan fingerprint density at radius 2 is 2.10 bits per heavy atom. The van der Waals surface area contributed by atoms with E-state index in [0.717, 1.165) is 25.3 Å².